The number of hydrogen-bond acceptors (Lipinski definition) is 2. The molecule has 0 saturated heterocycles. The van der Waals surface area contributed by atoms with Gasteiger partial charge in [-0.1, -0.05) is 41.9 Å². The van der Waals surface area contributed by atoms with E-state index in [1.165, 1.54) is 10.6 Å². The van der Waals surface area contributed by atoms with Gasteiger partial charge in [-0.15, -0.1) is 0 Å². The Labute approximate surface area is 150 Å². The lowest BCUT2D eigenvalue weighted by Gasteiger charge is -2.10. The van der Waals surface area contributed by atoms with Gasteiger partial charge in [0.2, 0.25) is 0 Å². The first-order valence-electron chi connectivity index (χ1n) is 7.85. The van der Waals surface area contributed by atoms with Crippen LogP contribution in [0, 0.1) is 6.92 Å². The Morgan fingerprint density at radius 3 is 2.56 bits per heavy atom. The fourth-order valence-corrected chi connectivity index (χ4v) is 2.80. The maximum atomic E-state index is 12.6. The van der Waals surface area contributed by atoms with E-state index < -0.39 is 5.91 Å². The van der Waals surface area contributed by atoms with Gasteiger partial charge in [-0.25, -0.2) is 0 Å². The van der Waals surface area contributed by atoms with Gasteiger partial charge < -0.3 is 9.88 Å². The molecule has 0 atom stereocenters. The van der Waals surface area contributed by atoms with E-state index in [1.54, 1.807) is 30.5 Å². The van der Waals surface area contributed by atoms with Crippen LogP contribution in [0.4, 0.5) is 5.69 Å². The summed E-state index contributed by atoms with van der Waals surface area (Å²) in [5, 5.41) is 3.37. The molecule has 0 bridgehead atoms. The molecule has 25 heavy (non-hydrogen) atoms. The van der Waals surface area contributed by atoms with Crippen molar-refractivity contribution in [3.63, 3.8) is 0 Å². The van der Waals surface area contributed by atoms with Crippen LogP contribution in [0.2, 0.25) is 5.02 Å². The van der Waals surface area contributed by atoms with E-state index in [0.29, 0.717) is 17.3 Å². The number of aryl methyl sites for hydroxylation is 1. The summed E-state index contributed by atoms with van der Waals surface area (Å²) in [4.78, 5) is 25.1. The molecule has 4 nitrogen and oxygen atoms in total. The quantitative estimate of drug-likeness (QED) is 0.768. The number of halogens is 1. The lowest BCUT2D eigenvalue weighted by Crippen LogP contribution is -2.29. The highest BCUT2D eigenvalue weighted by Crippen LogP contribution is 2.20. The number of benzene rings is 2. The molecule has 1 amide bonds. The van der Waals surface area contributed by atoms with Crippen LogP contribution >= 0.6 is 11.6 Å². The molecule has 0 aliphatic rings. The number of amides is 1. The third kappa shape index (κ3) is 3.98. The van der Waals surface area contributed by atoms with E-state index in [9.17, 15) is 9.59 Å². The second-order valence-corrected chi connectivity index (χ2v) is 6.19. The Kier molecular flexibility index (Phi) is 5.00. The summed E-state index contributed by atoms with van der Waals surface area (Å²) in [6.45, 7) is 2.26. The second kappa shape index (κ2) is 7.36. The molecule has 1 aromatic heterocycles. The number of pyridine rings is 1. The molecule has 0 fully saturated rings. The molecule has 0 spiro atoms. The first kappa shape index (κ1) is 17.0. The van der Waals surface area contributed by atoms with Crippen molar-refractivity contribution in [3.8, 4) is 0 Å². The SMILES string of the molecule is Cc1cc(Cl)ccc1NC(=O)c1cccn(Cc2ccccc2)c1=O. The van der Waals surface area contributed by atoms with E-state index in [2.05, 4.69) is 5.32 Å². The van der Waals surface area contributed by atoms with Gasteiger partial charge in [-0.05, 0) is 48.4 Å². The molecule has 0 unspecified atom stereocenters. The molecule has 0 saturated carbocycles. The van der Waals surface area contributed by atoms with Crippen molar-refractivity contribution in [2.24, 2.45) is 0 Å². The van der Waals surface area contributed by atoms with Crippen molar-refractivity contribution >= 4 is 23.2 Å². The van der Waals surface area contributed by atoms with Crippen LogP contribution in [0.25, 0.3) is 0 Å². The normalized spacial score (nSPS) is 10.5. The number of nitrogens with zero attached hydrogens (tertiary/aromatic N) is 1. The monoisotopic (exact) mass is 352 g/mol. The molecule has 3 rings (SSSR count). The van der Waals surface area contributed by atoms with Crippen LogP contribution in [-0.2, 0) is 6.54 Å². The summed E-state index contributed by atoms with van der Waals surface area (Å²) in [6, 6.07) is 18.1. The molecule has 2 aromatic carbocycles. The predicted molar refractivity (Wildman–Crippen MR) is 100 cm³/mol. The van der Waals surface area contributed by atoms with Crippen molar-refractivity contribution in [1.82, 2.24) is 4.57 Å². The number of carbonyl (C=O) groups excluding carboxylic acids is 1. The minimum atomic E-state index is -0.433. The summed E-state index contributed by atoms with van der Waals surface area (Å²) >= 11 is 5.93. The fraction of sp³-hybridized carbons (Fsp3) is 0.100. The lowest BCUT2D eigenvalue weighted by atomic mass is 10.2. The van der Waals surface area contributed by atoms with Gasteiger partial charge in [0.1, 0.15) is 5.56 Å². The summed E-state index contributed by atoms with van der Waals surface area (Å²) in [5.74, 6) is -0.433. The minimum absolute atomic E-state index is 0.104. The van der Waals surface area contributed by atoms with Crippen molar-refractivity contribution in [3.05, 3.63) is 98.9 Å². The molecule has 5 heteroatoms. The predicted octanol–water partition coefficient (Wildman–Crippen LogP) is 4.11. The van der Waals surface area contributed by atoms with Crippen molar-refractivity contribution < 1.29 is 4.79 Å². The zero-order valence-corrected chi connectivity index (χ0v) is 14.5. The van der Waals surface area contributed by atoms with Gasteiger partial charge in [0.05, 0.1) is 6.54 Å². The average Bonchev–Trinajstić information content (AvgIpc) is 2.60. The van der Waals surface area contributed by atoms with E-state index in [4.69, 9.17) is 11.6 Å². The standard InChI is InChI=1S/C20H17ClN2O2/c1-14-12-16(21)9-10-18(14)22-19(24)17-8-5-11-23(20(17)25)13-15-6-3-2-4-7-15/h2-12H,13H2,1H3,(H,22,24). The first-order valence-corrected chi connectivity index (χ1v) is 8.23. The number of carbonyl (C=O) groups is 1. The van der Waals surface area contributed by atoms with Crippen LogP contribution in [0.3, 0.4) is 0 Å². The number of nitrogens with one attached hydrogen (secondary N) is 1. The molecule has 0 radical (unpaired) electrons. The average molecular weight is 353 g/mol. The Morgan fingerprint density at radius 1 is 1.08 bits per heavy atom. The van der Waals surface area contributed by atoms with Crippen LogP contribution in [0.15, 0.2) is 71.7 Å². The van der Waals surface area contributed by atoms with Crippen LogP contribution < -0.4 is 10.9 Å². The Hall–Kier alpha value is -2.85. The van der Waals surface area contributed by atoms with Gasteiger partial charge in [0, 0.05) is 16.9 Å². The van der Waals surface area contributed by atoms with E-state index in [0.717, 1.165) is 11.1 Å². The first-order chi connectivity index (χ1) is 12.0. The zero-order chi connectivity index (χ0) is 17.8. The Morgan fingerprint density at radius 2 is 1.84 bits per heavy atom. The van der Waals surface area contributed by atoms with Crippen molar-refractivity contribution in [2.75, 3.05) is 5.32 Å². The third-order valence-corrected chi connectivity index (χ3v) is 4.13. The fourth-order valence-electron chi connectivity index (χ4n) is 2.57. The van der Waals surface area contributed by atoms with Gasteiger partial charge >= 0.3 is 0 Å². The highest BCUT2D eigenvalue weighted by atomic mass is 35.5. The Bertz CT molecular complexity index is 965. The molecule has 1 N–H and O–H groups in total. The van der Waals surface area contributed by atoms with E-state index in [1.807, 2.05) is 37.3 Å². The lowest BCUT2D eigenvalue weighted by molar-refractivity contribution is 0.102. The second-order valence-electron chi connectivity index (χ2n) is 5.75. The molecule has 3 aromatic rings. The smallest absolute Gasteiger partial charge is 0.263 e. The summed E-state index contributed by atoms with van der Waals surface area (Å²) < 4.78 is 1.53. The molecule has 126 valence electrons. The van der Waals surface area contributed by atoms with Crippen LogP contribution in [-0.4, -0.2) is 10.5 Å². The highest BCUT2D eigenvalue weighted by Gasteiger charge is 2.13. The number of rotatable bonds is 4. The molecular weight excluding hydrogens is 336 g/mol. The Balaban J connectivity index is 1.86. The third-order valence-electron chi connectivity index (χ3n) is 3.90. The zero-order valence-electron chi connectivity index (χ0n) is 13.7. The molecular formula is C20H17ClN2O2. The maximum Gasteiger partial charge on any atom is 0.263 e. The topological polar surface area (TPSA) is 51.1 Å². The van der Waals surface area contributed by atoms with Gasteiger partial charge in [0.25, 0.3) is 11.5 Å². The van der Waals surface area contributed by atoms with Crippen LogP contribution in [0.5, 0.6) is 0 Å². The molecule has 0 aliphatic heterocycles. The molecule has 1 heterocycles. The van der Waals surface area contributed by atoms with E-state index in [-0.39, 0.29) is 11.1 Å². The van der Waals surface area contributed by atoms with Gasteiger partial charge in [-0.3, -0.25) is 9.59 Å². The van der Waals surface area contributed by atoms with Crippen molar-refractivity contribution in [2.45, 2.75) is 13.5 Å². The van der Waals surface area contributed by atoms with Gasteiger partial charge in [0.15, 0.2) is 0 Å². The maximum absolute atomic E-state index is 12.6. The number of anilines is 1. The summed E-state index contributed by atoms with van der Waals surface area (Å²) in [5.41, 5.74) is 2.24. The largest absolute Gasteiger partial charge is 0.322 e. The molecule has 0 aliphatic carbocycles. The van der Waals surface area contributed by atoms with Gasteiger partial charge in [-0.2, -0.15) is 0 Å². The highest BCUT2D eigenvalue weighted by molar-refractivity contribution is 6.30. The van der Waals surface area contributed by atoms with Crippen molar-refractivity contribution in [1.29, 1.82) is 0 Å². The minimum Gasteiger partial charge on any atom is -0.322 e. The van der Waals surface area contributed by atoms with E-state index >= 15 is 0 Å². The summed E-state index contributed by atoms with van der Waals surface area (Å²) in [6.07, 6.45) is 1.68. The number of hydrogen-bond donors (Lipinski definition) is 1. The summed E-state index contributed by atoms with van der Waals surface area (Å²) in [7, 11) is 0. The van der Waals surface area contributed by atoms with Crippen LogP contribution in [0.1, 0.15) is 21.5 Å². The number of aromatic nitrogens is 1.